The second kappa shape index (κ2) is 6.82. The molecule has 0 aromatic carbocycles. The van der Waals surface area contributed by atoms with Crippen LogP contribution in [0.2, 0.25) is 0 Å². The van der Waals surface area contributed by atoms with Gasteiger partial charge in [0.2, 0.25) is 0 Å². The smallest absolute Gasteiger partial charge is 0.178 e. The Morgan fingerprint density at radius 2 is 1.33 bits per heavy atom. The highest BCUT2D eigenvalue weighted by atomic mass is 32.1. The molecule has 1 rings (SSSR count). The zero-order valence-corrected chi connectivity index (χ0v) is 7.46. The fraction of sp³-hybridized carbons (Fsp3) is 0.250. The average molecular weight is 185 g/mol. The van der Waals surface area contributed by atoms with Gasteiger partial charge in [-0.15, -0.1) is 0 Å². The number of ketones is 2. The zero-order valence-electron chi connectivity index (χ0n) is 6.56. The van der Waals surface area contributed by atoms with Crippen LogP contribution in [0, 0.1) is 0 Å². The summed E-state index contributed by atoms with van der Waals surface area (Å²) >= 11 is 3.80. The van der Waals surface area contributed by atoms with Crippen molar-refractivity contribution in [1.29, 1.82) is 0 Å². The number of carbonyl (C=O) groups excluding carboxylic acids is 2. The average Bonchev–Trinajstić information content (AvgIpc) is 2.11. The fourth-order valence-corrected chi connectivity index (χ4v) is 0.440. The van der Waals surface area contributed by atoms with Gasteiger partial charge in [0, 0.05) is 12.3 Å². The Labute approximate surface area is 76.7 Å². The molecule has 4 heteroatoms. The van der Waals surface area contributed by atoms with Gasteiger partial charge in [-0.1, -0.05) is 0 Å². The van der Waals surface area contributed by atoms with Crippen LogP contribution in [0.25, 0.3) is 0 Å². The highest BCUT2D eigenvalue weighted by Crippen LogP contribution is 1.90. The molecule has 0 heterocycles. The number of rotatable bonds is 1. The molecule has 0 bridgehead atoms. The molecule has 0 spiro atoms. The van der Waals surface area contributed by atoms with Crippen molar-refractivity contribution < 1.29 is 9.59 Å². The van der Waals surface area contributed by atoms with Crippen LogP contribution in [0.3, 0.4) is 0 Å². The van der Waals surface area contributed by atoms with Crippen LogP contribution in [0.1, 0.15) is 0 Å². The molecular formula is C8H11NO2S. The number of nitrogens with two attached hydrogens (primary N) is 1. The first-order valence-electron chi connectivity index (χ1n) is 3.45. The standard InChI is InChI=1S/C6H4O2.C2H7NS/c7-5-1-2-6(8)4-3-5;3-1-2-4/h1-4H;4H,1-3H2. The minimum atomic E-state index is -0.121. The third kappa shape index (κ3) is 5.88. The summed E-state index contributed by atoms with van der Waals surface area (Å²) in [5.41, 5.74) is 4.95. The van der Waals surface area contributed by atoms with Crippen LogP contribution in [0.5, 0.6) is 0 Å². The summed E-state index contributed by atoms with van der Waals surface area (Å²) in [6.45, 7) is 0.684. The number of allylic oxidation sites excluding steroid dienone is 4. The molecule has 12 heavy (non-hydrogen) atoms. The number of hydrogen-bond acceptors (Lipinski definition) is 4. The Kier molecular flexibility index (Phi) is 6.32. The van der Waals surface area contributed by atoms with E-state index in [0.29, 0.717) is 6.54 Å². The minimum Gasteiger partial charge on any atom is -0.330 e. The van der Waals surface area contributed by atoms with Crippen molar-refractivity contribution in [2.24, 2.45) is 5.73 Å². The first kappa shape index (κ1) is 11.1. The van der Waals surface area contributed by atoms with Crippen LogP contribution in [-0.2, 0) is 9.59 Å². The lowest BCUT2D eigenvalue weighted by molar-refractivity contribution is -0.113. The molecule has 0 atom stereocenters. The second-order valence-electron chi connectivity index (χ2n) is 1.98. The van der Waals surface area contributed by atoms with Gasteiger partial charge in [0.1, 0.15) is 0 Å². The Hall–Kier alpha value is -0.870. The van der Waals surface area contributed by atoms with Gasteiger partial charge in [0.25, 0.3) is 0 Å². The maximum Gasteiger partial charge on any atom is 0.178 e. The molecule has 0 aliphatic heterocycles. The van der Waals surface area contributed by atoms with E-state index in [1.165, 1.54) is 24.3 Å². The fourth-order valence-electron chi connectivity index (χ4n) is 0.440. The lowest BCUT2D eigenvalue weighted by Gasteiger charge is -1.87. The molecule has 1 aliphatic rings. The molecule has 0 aromatic rings. The van der Waals surface area contributed by atoms with Crippen molar-refractivity contribution in [1.82, 2.24) is 0 Å². The van der Waals surface area contributed by atoms with Crippen molar-refractivity contribution in [2.75, 3.05) is 12.3 Å². The van der Waals surface area contributed by atoms with E-state index < -0.39 is 0 Å². The van der Waals surface area contributed by atoms with Crippen molar-refractivity contribution >= 4 is 24.2 Å². The van der Waals surface area contributed by atoms with Gasteiger partial charge in [0.05, 0.1) is 0 Å². The third-order valence-electron chi connectivity index (χ3n) is 0.953. The predicted octanol–water partition coefficient (Wildman–Crippen LogP) is 0.126. The molecular weight excluding hydrogens is 174 g/mol. The molecule has 3 nitrogen and oxygen atoms in total. The lowest BCUT2D eigenvalue weighted by Crippen LogP contribution is -1.97. The summed E-state index contributed by atoms with van der Waals surface area (Å²) in [5.74, 6) is 0.550. The number of thiol groups is 1. The molecule has 0 amide bonds. The largest absolute Gasteiger partial charge is 0.330 e. The van der Waals surface area contributed by atoms with Crippen LogP contribution < -0.4 is 5.73 Å². The highest BCUT2D eigenvalue weighted by molar-refractivity contribution is 7.80. The summed E-state index contributed by atoms with van der Waals surface area (Å²) in [4.78, 5) is 20.6. The quantitative estimate of drug-likeness (QED) is 0.451. The summed E-state index contributed by atoms with van der Waals surface area (Å²) in [5, 5.41) is 0. The van der Waals surface area contributed by atoms with E-state index >= 15 is 0 Å². The third-order valence-corrected chi connectivity index (χ3v) is 1.21. The summed E-state index contributed by atoms with van der Waals surface area (Å²) in [6.07, 6.45) is 5.01. The Balaban J connectivity index is 0.000000261. The minimum absolute atomic E-state index is 0.121. The van der Waals surface area contributed by atoms with E-state index in [-0.39, 0.29) is 11.6 Å². The van der Waals surface area contributed by atoms with Gasteiger partial charge in [-0.3, -0.25) is 9.59 Å². The first-order chi connectivity index (χ1) is 5.70. The molecule has 0 fully saturated rings. The predicted molar refractivity (Wildman–Crippen MR) is 51.2 cm³/mol. The van der Waals surface area contributed by atoms with Crippen LogP contribution in [0.4, 0.5) is 0 Å². The molecule has 0 radical (unpaired) electrons. The lowest BCUT2D eigenvalue weighted by atomic mass is 10.2. The molecule has 0 saturated carbocycles. The monoisotopic (exact) mass is 185 g/mol. The molecule has 1 aliphatic carbocycles. The normalized spacial score (nSPS) is 14.2. The van der Waals surface area contributed by atoms with Gasteiger partial charge >= 0.3 is 0 Å². The first-order valence-corrected chi connectivity index (χ1v) is 4.09. The summed E-state index contributed by atoms with van der Waals surface area (Å²) < 4.78 is 0. The molecule has 0 aromatic heterocycles. The Bertz CT molecular complexity index is 181. The maximum atomic E-state index is 10.3. The van der Waals surface area contributed by atoms with Crippen LogP contribution >= 0.6 is 12.6 Å². The van der Waals surface area contributed by atoms with Crippen LogP contribution in [-0.4, -0.2) is 23.9 Å². The van der Waals surface area contributed by atoms with E-state index in [2.05, 4.69) is 12.6 Å². The zero-order chi connectivity index (χ0) is 9.40. The van der Waals surface area contributed by atoms with Crippen molar-refractivity contribution in [3.8, 4) is 0 Å². The van der Waals surface area contributed by atoms with E-state index in [0.717, 1.165) is 5.75 Å². The van der Waals surface area contributed by atoms with Crippen LogP contribution in [0.15, 0.2) is 24.3 Å². The summed E-state index contributed by atoms with van der Waals surface area (Å²) in [6, 6.07) is 0. The Morgan fingerprint density at radius 1 is 1.08 bits per heavy atom. The molecule has 2 N–H and O–H groups in total. The van der Waals surface area contributed by atoms with Gasteiger partial charge in [0.15, 0.2) is 11.6 Å². The summed E-state index contributed by atoms with van der Waals surface area (Å²) in [7, 11) is 0. The van der Waals surface area contributed by atoms with Crippen molar-refractivity contribution in [3.63, 3.8) is 0 Å². The van der Waals surface area contributed by atoms with Gasteiger partial charge in [-0.05, 0) is 24.3 Å². The van der Waals surface area contributed by atoms with E-state index in [1.54, 1.807) is 0 Å². The second-order valence-corrected chi connectivity index (χ2v) is 2.43. The van der Waals surface area contributed by atoms with Crippen molar-refractivity contribution in [3.05, 3.63) is 24.3 Å². The Morgan fingerprint density at radius 3 is 1.50 bits per heavy atom. The van der Waals surface area contributed by atoms with E-state index in [9.17, 15) is 9.59 Å². The molecule has 0 unspecified atom stereocenters. The maximum absolute atomic E-state index is 10.3. The number of carbonyl (C=O) groups is 2. The van der Waals surface area contributed by atoms with E-state index in [1.807, 2.05) is 0 Å². The van der Waals surface area contributed by atoms with Crippen molar-refractivity contribution in [2.45, 2.75) is 0 Å². The molecule has 66 valence electrons. The number of hydrogen-bond donors (Lipinski definition) is 2. The molecule has 0 saturated heterocycles. The SMILES string of the molecule is NCCS.O=C1C=CC(=O)C=C1. The van der Waals surface area contributed by atoms with Gasteiger partial charge < -0.3 is 5.73 Å². The topological polar surface area (TPSA) is 60.2 Å². The van der Waals surface area contributed by atoms with Gasteiger partial charge in [-0.25, -0.2) is 0 Å². The van der Waals surface area contributed by atoms with E-state index in [4.69, 9.17) is 5.73 Å². The van der Waals surface area contributed by atoms with Gasteiger partial charge in [-0.2, -0.15) is 12.6 Å². The highest BCUT2D eigenvalue weighted by Gasteiger charge is 1.97.